The highest BCUT2D eigenvalue weighted by Gasteiger charge is 2.13. The maximum absolute atomic E-state index is 2.44. The van der Waals surface area contributed by atoms with Crippen LogP contribution in [0, 0.1) is 0 Å². The van der Waals surface area contributed by atoms with Crippen LogP contribution < -0.4 is 0 Å². The first kappa shape index (κ1) is 19.8. The van der Waals surface area contributed by atoms with Crippen molar-refractivity contribution in [2.75, 3.05) is 0 Å². The molecule has 0 aliphatic carbocycles. The number of benzene rings is 2. The lowest BCUT2D eigenvalue weighted by atomic mass is 9.86. The van der Waals surface area contributed by atoms with Gasteiger partial charge in [-0.15, -0.1) is 0 Å². The molecule has 0 spiro atoms. The minimum absolute atomic E-state index is 0.576. The summed E-state index contributed by atoms with van der Waals surface area (Å²) in [6.07, 6.45) is 1.02. The fourth-order valence-corrected chi connectivity index (χ4v) is 3.76. The maximum Gasteiger partial charge on any atom is -0.00256 e. The quantitative estimate of drug-likeness (QED) is 0.505. The zero-order valence-corrected chi connectivity index (χ0v) is 17.5. The summed E-state index contributed by atoms with van der Waals surface area (Å²) in [4.78, 5) is 0. The van der Waals surface area contributed by atoms with E-state index in [4.69, 9.17) is 0 Å². The van der Waals surface area contributed by atoms with Crippen LogP contribution in [0.5, 0.6) is 0 Å². The SMILES string of the molecule is CC(C)c1ccc(Cc2ccc(C(C)C)c(C(C)C)c2)cc1C(C)C. The molecule has 25 heavy (non-hydrogen) atoms. The van der Waals surface area contributed by atoms with Gasteiger partial charge < -0.3 is 0 Å². The van der Waals surface area contributed by atoms with Gasteiger partial charge >= 0.3 is 0 Å². The molecule has 0 amide bonds. The molecule has 136 valence electrons. The number of hydrogen-bond acceptors (Lipinski definition) is 0. The van der Waals surface area contributed by atoms with Crippen LogP contribution in [0.25, 0.3) is 0 Å². The average molecular weight is 337 g/mol. The highest BCUT2D eigenvalue weighted by atomic mass is 14.2. The van der Waals surface area contributed by atoms with Crippen LogP contribution in [0.15, 0.2) is 36.4 Å². The minimum Gasteiger partial charge on any atom is -0.0587 e. The summed E-state index contributed by atoms with van der Waals surface area (Å²) in [5.41, 5.74) is 8.87. The average Bonchev–Trinajstić information content (AvgIpc) is 2.54. The van der Waals surface area contributed by atoms with Crippen molar-refractivity contribution in [3.05, 3.63) is 69.8 Å². The van der Waals surface area contributed by atoms with E-state index in [0.717, 1.165) is 6.42 Å². The summed E-state index contributed by atoms with van der Waals surface area (Å²) < 4.78 is 0. The lowest BCUT2D eigenvalue weighted by Gasteiger charge is -2.19. The molecule has 0 saturated heterocycles. The highest BCUT2D eigenvalue weighted by molar-refractivity contribution is 5.41. The Morgan fingerprint density at radius 1 is 0.480 bits per heavy atom. The molecule has 0 N–H and O–H groups in total. The van der Waals surface area contributed by atoms with Gasteiger partial charge in [0, 0.05) is 0 Å². The van der Waals surface area contributed by atoms with Gasteiger partial charge in [0.25, 0.3) is 0 Å². The van der Waals surface area contributed by atoms with Crippen molar-refractivity contribution in [1.29, 1.82) is 0 Å². The zero-order chi connectivity index (χ0) is 18.7. The second kappa shape index (κ2) is 8.21. The summed E-state index contributed by atoms with van der Waals surface area (Å²) in [6.45, 7) is 18.4. The van der Waals surface area contributed by atoms with Gasteiger partial charge in [-0.25, -0.2) is 0 Å². The minimum atomic E-state index is 0.576. The smallest absolute Gasteiger partial charge is 0.00256 e. The predicted molar refractivity (Wildman–Crippen MR) is 112 cm³/mol. The molecule has 0 atom stereocenters. The van der Waals surface area contributed by atoms with Crippen LogP contribution >= 0.6 is 0 Å². The first-order chi connectivity index (χ1) is 11.7. The monoisotopic (exact) mass is 336 g/mol. The molecule has 0 heterocycles. The Bertz CT molecular complexity index is 640. The molecule has 2 aromatic carbocycles. The van der Waals surface area contributed by atoms with E-state index >= 15 is 0 Å². The van der Waals surface area contributed by atoms with Gasteiger partial charge in [0.2, 0.25) is 0 Å². The molecule has 0 aliphatic rings. The van der Waals surface area contributed by atoms with Crippen molar-refractivity contribution in [2.45, 2.75) is 85.5 Å². The van der Waals surface area contributed by atoms with E-state index < -0.39 is 0 Å². The van der Waals surface area contributed by atoms with Crippen LogP contribution in [-0.4, -0.2) is 0 Å². The second-order valence-corrected chi connectivity index (χ2v) is 8.72. The van der Waals surface area contributed by atoms with Crippen LogP contribution in [-0.2, 0) is 6.42 Å². The molecule has 0 saturated carbocycles. The molecule has 2 rings (SSSR count). The Morgan fingerprint density at radius 3 is 1.08 bits per heavy atom. The third kappa shape index (κ3) is 4.75. The molecule has 0 fully saturated rings. The van der Waals surface area contributed by atoms with Gasteiger partial charge in [-0.2, -0.15) is 0 Å². The summed E-state index contributed by atoms with van der Waals surface area (Å²) in [5, 5.41) is 0. The number of rotatable bonds is 6. The van der Waals surface area contributed by atoms with E-state index in [1.165, 1.54) is 33.4 Å². The number of hydrogen-bond donors (Lipinski definition) is 0. The molecule has 0 nitrogen and oxygen atoms in total. The normalized spacial score (nSPS) is 12.0. The predicted octanol–water partition coefficient (Wildman–Crippen LogP) is 7.77. The Morgan fingerprint density at radius 2 is 0.800 bits per heavy atom. The maximum atomic E-state index is 2.44. The van der Waals surface area contributed by atoms with E-state index in [2.05, 4.69) is 91.8 Å². The Kier molecular flexibility index (Phi) is 6.49. The summed E-state index contributed by atoms with van der Waals surface area (Å²) >= 11 is 0. The van der Waals surface area contributed by atoms with Crippen molar-refractivity contribution in [1.82, 2.24) is 0 Å². The second-order valence-electron chi connectivity index (χ2n) is 8.72. The van der Waals surface area contributed by atoms with Crippen molar-refractivity contribution < 1.29 is 0 Å². The lowest BCUT2D eigenvalue weighted by Crippen LogP contribution is -2.02. The van der Waals surface area contributed by atoms with E-state index in [1.807, 2.05) is 0 Å². The van der Waals surface area contributed by atoms with E-state index in [-0.39, 0.29) is 0 Å². The van der Waals surface area contributed by atoms with Crippen molar-refractivity contribution in [3.63, 3.8) is 0 Å². The standard InChI is InChI=1S/C25H36/c1-16(2)22-11-9-20(14-24(22)18(5)6)13-21-10-12-23(17(3)4)25(15-21)19(7)8/h9-12,14-19H,13H2,1-8H3. The molecule has 0 unspecified atom stereocenters. The molecular formula is C25H36. The Hall–Kier alpha value is -1.56. The van der Waals surface area contributed by atoms with Crippen LogP contribution in [0.3, 0.4) is 0 Å². The molecule has 0 heteroatoms. The van der Waals surface area contributed by atoms with Gasteiger partial charge in [0.15, 0.2) is 0 Å². The molecule has 0 bridgehead atoms. The van der Waals surface area contributed by atoms with Gasteiger partial charge in [-0.1, -0.05) is 91.8 Å². The third-order valence-electron chi connectivity index (χ3n) is 5.20. The highest BCUT2D eigenvalue weighted by Crippen LogP contribution is 2.30. The van der Waals surface area contributed by atoms with Gasteiger partial charge in [-0.3, -0.25) is 0 Å². The van der Waals surface area contributed by atoms with E-state index in [0.29, 0.717) is 23.7 Å². The first-order valence-corrected chi connectivity index (χ1v) is 9.96. The zero-order valence-electron chi connectivity index (χ0n) is 17.5. The fourth-order valence-electron chi connectivity index (χ4n) is 3.76. The lowest BCUT2D eigenvalue weighted by molar-refractivity contribution is 0.784. The topological polar surface area (TPSA) is 0 Å². The largest absolute Gasteiger partial charge is 0.0587 e. The molecular weight excluding hydrogens is 300 g/mol. The third-order valence-corrected chi connectivity index (χ3v) is 5.20. The van der Waals surface area contributed by atoms with Crippen molar-refractivity contribution >= 4 is 0 Å². The summed E-state index contributed by atoms with van der Waals surface area (Å²) in [7, 11) is 0. The van der Waals surface area contributed by atoms with E-state index in [1.54, 1.807) is 0 Å². The fraction of sp³-hybridized carbons (Fsp3) is 0.520. The molecule has 2 aromatic rings. The molecule has 0 aromatic heterocycles. The van der Waals surface area contributed by atoms with Gasteiger partial charge in [0.05, 0.1) is 0 Å². The van der Waals surface area contributed by atoms with Gasteiger partial charge in [-0.05, 0) is 63.5 Å². The summed E-state index contributed by atoms with van der Waals surface area (Å²) in [5.74, 6) is 2.33. The Labute approximate surface area is 155 Å². The van der Waals surface area contributed by atoms with Crippen LogP contribution in [0.2, 0.25) is 0 Å². The Balaban J connectivity index is 2.36. The molecule has 0 radical (unpaired) electrons. The van der Waals surface area contributed by atoms with Crippen LogP contribution in [0.4, 0.5) is 0 Å². The van der Waals surface area contributed by atoms with Crippen LogP contribution in [0.1, 0.15) is 112 Å². The summed E-state index contributed by atoms with van der Waals surface area (Å²) in [6, 6.07) is 14.2. The van der Waals surface area contributed by atoms with E-state index in [9.17, 15) is 0 Å². The first-order valence-electron chi connectivity index (χ1n) is 9.96. The van der Waals surface area contributed by atoms with Crippen molar-refractivity contribution in [2.24, 2.45) is 0 Å². The van der Waals surface area contributed by atoms with Crippen molar-refractivity contribution in [3.8, 4) is 0 Å². The van der Waals surface area contributed by atoms with Gasteiger partial charge in [0.1, 0.15) is 0 Å². The molecule has 0 aliphatic heterocycles.